The van der Waals surface area contributed by atoms with Crippen LogP contribution in [0.3, 0.4) is 0 Å². The molecule has 0 radical (unpaired) electrons. The minimum absolute atomic E-state index is 0.0964. The molecule has 0 aromatic heterocycles. The lowest BCUT2D eigenvalue weighted by molar-refractivity contribution is -0.126. The lowest BCUT2D eigenvalue weighted by Crippen LogP contribution is -2.62. The third kappa shape index (κ3) is 3.95. The number of rotatable bonds is 8. The average molecular weight is 256 g/mol. The van der Waals surface area contributed by atoms with E-state index >= 15 is 0 Å². The van der Waals surface area contributed by atoms with Gasteiger partial charge < -0.3 is 15.4 Å². The highest BCUT2D eigenvalue weighted by molar-refractivity contribution is 5.78. The van der Waals surface area contributed by atoms with Gasteiger partial charge in [-0.2, -0.15) is 0 Å². The van der Waals surface area contributed by atoms with Crippen molar-refractivity contribution in [1.82, 2.24) is 10.6 Å². The van der Waals surface area contributed by atoms with Crippen LogP contribution in [0.15, 0.2) is 0 Å². The highest BCUT2D eigenvalue weighted by atomic mass is 16.5. The third-order valence-corrected chi connectivity index (χ3v) is 3.91. The molecule has 1 fully saturated rings. The van der Waals surface area contributed by atoms with Gasteiger partial charge in [-0.3, -0.25) is 4.79 Å². The van der Waals surface area contributed by atoms with Crippen LogP contribution in [0.25, 0.3) is 0 Å². The van der Waals surface area contributed by atoms with Gasteiger partial charge in [0.15, 0.2) is 0 Å². The predicted octanol–water partition coefficient (Wildman–Crippen LogP) is 1.70. The summed E-state index contributed by atoms with van der Waals surface area (Å²) in [5.74, 6) is 0.0964. The summed E-state index contributed by atoms with van der Waals surface area (Å²) in [5, 5.41) is 6.25. The molecule has 2 unspecified atom stereocenters. The van der Waals surface area contributed by atoms with Gasteiger partial charge in [0.2, 0.25) is 5.91 Å². The van der Waals surface area contributed by atoms with Crippen LogP contribution >= 0.6 is 0 Å². The second-order valence-corrected chi connectivity index (χ2v) is 5.64. The van der Waals surface area contributed by atoms with Crippen LogP contribution in [-0.2, 0) is 9.53 Å². The van der Waals surface area contributed by atoms with E-state index in [4.69, 9.17) is 4.74 Å². The van der Waals surface area contributed by atoms with Crippen molar-refractivity contribution in [1.29, 1.82) is 0 Å². The maximum atomic E-state index is 11.6. The molecule has 4 heteroatoms. The average Bonchev–Trinajstić information content (AvgIpc) is 2.33. The zero-order valence-corrected chi connectivity index (χ0v) is 12.2. The molecule has 0 spiro atoms. The summed E-state index contributed by atoms with van der Waals surface area (Å²) in [6, 6.07) is 0.381. The van der Waals surface area contributed by atoms with Crippen molar-refractivity contribution in [2.45, 2.75) is 59.1 Å². The monoisotopic (exact) mass is 256 g/mol. The zero-order valence-electron chi connectivity index (χ0n) is 12.2. The van der Waals surface area contributed by atoms with Crippen molar-refractivity contribution in [2.75, 3.05) is 19.7 Å². The van der Waals surface area contributed by atoms with E-state index in [2.05, 4.69) is 31.4 Å². The Hall–Kier alpha value is -0.610. The Morgan fingerprint density at radius 1 is 1.39 bits per heavy atom. The van der Waals surface area contributed by atoms with E-state index in [1.807, 2.05) is 6.92 Å². The van der Waals surface area contributed by atoms with Gasteiger partial charge in [-0.1, -0.05) is 27.2 Å². The maximum Gasteiger partial charge on any atom is 0.233 e. The van der Waals surface area contributed by atoms with E-state index in [1.165, 1.54) is 0 Å². The highest BCUT2D eigenvalue weighted by Crippen LogP contribution is 2.42. The maximum absolute atomic E-state index is 11.6. The van der Waals surface area contributed by atoms with Crippen molar-refractivity contribution in [3.63, 3.8) is 0 Å². The van der Waals surface area contributed by atoms with Gasteiger partial charge in [0.05, 0.1) is 12.6 Å². The molecule has 18 heavy (non-hydrogen) atoms. The van der Waals surface area contributed by atoms with Crippen molar-refractivity contribution in [3.8, 4) is 0 Å². The summed E-state index contributed by atoms with van der Waals surface area (Å²) in [4.78, 5) is 11.6. The molecule has 0 aromatic carbocycles. The second-order valence-electron chi connectivity index (χ2n) is 5.64. The van der Waals surface area contributed by atoms with Gasteiger partial charge in [0.25, 0.3) is 0 Å². The first-order valence-corrected chi connectivity index (χ1v) is 7.14. The number of nitrogens with one attached hydrogen (secondary N) is 2. The van der Waals surface area contributed by atoms with Crippen LogP contribution in [0, 0.1) is 5.41 Å². The molecule has 0 heterocycles. The Labute approximate surface area is 111 Å². The van der Waals surface area contributed by atoms with Gasteiger partial charge in [-0.05, 0) is 19.8 Å². The molecule has 2 N–H and O–H groups in total. The first-order valence-electron chi connectivity index (χ1n) is 7.14. The summed E-state index contributed by atoms with van der Waals surface area (Å²) in [7, 11) is 0. The lowest BCUT2D eigenvalue weighted by atomic mass is 9.64. The number of carbonyl (C=O) groups excluding carboxylic acids is 1. The Morgan fingerprint density at radius 3 is 2.67 bits per heavy atom. The second kappa shape index (κ2) is 7.10. The highest BCUT2D eigenvalue weighted by Gasteiger charge is 2.48. The number of unbranched alkanes of at least 4 members (excludes halogenated alkanes) is 1. The largest absolute Gasteiger partial charge is 0.378 e. The zero-order chi connectivity index (χ0) is 13.6. The molecular weight excluding hydrogens is 228 g/mol. The van der Waals surface area contributed by atoms with Crippen LogP contribution in [0.4, 0.5) is 0 Å². The quantitative estimate of drug-likeness (QED) is 0.650. The van der Waals surface area contributed by atoms with Crippen molar-refractivity contribution in [2.24, 2.45) is 5.41 Å². The number of ether oxygens (including phenoxy) is 1. The normalized spacial score (nSPS) is 25.6. The Kier molecular flexibility index (Phi) is 6.09. The molecule has 1 amide bonds. The molecule has 1 saturated carbocycles. The van der Waals surface area contributed by atoms with Crippen LogP contribution in [-0.4, -0.2) is 37.7 Å². The number of hydrogen-bond donors (Lipinski definition) is 2. The number of hydrogen-bond acceptors (Lipinski definition) is 3. The predicted molar refractivity (Wildman–Crippen MR) is 73.5 cm³/mol. The van der Waals surface area contributed by atoms with E-state index in [-0.39, 0.29) is 11.3 Å². The Morgan fingerprint density at radius 2 is 2.11 bits per heavy atom. The molecule has 1 aliphatic carbocycles. The van der Waals surface area contributed by atoms with E-state index in [9.17, 15) is 4.79 Å². The van der Waals surface area contributed by atoms with Gasteiger partial charge in [-0.15, -0.1) is 0 Å². The van der Waals surface area contributed by atoms with Crippen molar-refractivity contribution >= 4 is 5.91 Å². The van der Waals surface area contributed by atoms with Crippen LogP contribution < -0.4 is 10.6 Å². The SMILES string of the molecule is CCCCNC(=O)CNC1CC(OCC)C1(C)C. The molecule has 1 rings (SSSR count). The van der Waals surface area contributed by atoms with Crippen molar-refractivity contribution < 1.29 is 9.53 Å². The fourth-order valence-electron chi connectivity index (χ4n) is 2.40. The van der Waals surface area contributed by atoms with Crippen LogP contribution in [0.1, 0.15) is 47.0 Å². The summed E-state index contributed by atoms with van der Waals surface area (Å²) in [6.07, 6.45) is 3.48. The minimum Gasteiger partial charge on any atom is -0.378 e. The lowest BCUT2D eigenvalue weighted by Gasteiger charge is -2.51. The number of amides is 1. The molecule has 0 saturated heterocycles. The molecule has 2 atom stereocenters. The summed E-state index contributed by atoms with van der Waals surface area (Å²) < 4.78 is 5.67. The fourth-order valence-corrected chi connectivity index (χ4v) is 2.40. The minimum atomic E-state index is 0.0964. The Bertz CT molecular complexity index is 267. The van der Waals surface area contributed by atoms with E-state index in [1.54, 1.807) is 0 Å². The van der Waals surface area contributed by atoms with Gasteiger partial charge in [0.1, 0.15) is 0 Å². The first-order chi connectivity index (χ1) is 8.52. The molecule has 1 aliphatic rings. The van der Waals surface area contributed by atoms with Crippen molar-refractivity contribution in [3.05, 3.63) is 0 Å². The number of carbonyl (C=O) groups is 1. The van der Waals surface area contributed by atoms with Gasteiger partial charge >= 0.3 is 0 Å². The van der Waals surface area contributed by atoms with Gasteiger partial charge in [0, 0.05) is 24.6 Å². The van der Waals surface area contributed by atoms with E-state index < -0.39 is 0 Å². The molecule has 0 bridgehead atoms. The summed E-state index contributed by atoms with van der Waals surface area (Å²) in [6.45, 7) is 10.5. The molecule has 4 nitrogen and oxygen atoms in total. The first kappa shape index (κ1) is 15.4. The topological polar surface area (TPSA) is 50.4 Å². The summed E-state index contributed by atoms with van der Waals surface area (Å²) >= 11 is 0. The van der Waals surface area contributed by atoms with Crippen LogP contribution in [0.2, 0.25) is 0 Å². The molecule has 0 aromatic rings. The molecular formula is C14H28N2O2. The standard InChI is InChI=1S/C14H28N2O2/c1-5-7-8-15-13(17)10-16-11-9-12(18-6-2)14(11,3)4/h11-12,16H,5-10H2,1-4H3,(H,15,17). The van der Waals surface area contributed by atoms with Gasteiger partial charge in [-0.25, -0.2) is 0 Å². The van der Waals surface area contributed by atoms with E-state index in [0.29, 0.717) is 18.7 Å². The fraction of sp³-hybridized carbons (Fsp3) is 0.929. The summed E-state index contributed by atoms with van der Waals surface area (Å²) in [5.41, 5.74) is 0.125. The molecule has 0 aliphatic heterocycles. The van der Waals surface area contributed by atoms with E-state index in [0.717, 1.165) is 32.4 Å². The molecule has 106 valence electrons. The smallest absolute Gasteiger partial charge is 0.233 e. The third-order valence-electron chi connectivity index (χ3n) is 3.91. The Balaban J connectivity index is 2.19. The van der Waals surface area contributed by atoms with Crippen LogP contribution in [0.5, 0.6) is 0 Å².